The lowest BCUT2D eigenvalue weighted by Crippen LogP contribution is -2.44. The van der Waals surface area contributed by atoms with Gasteiger partial charge in [-0.3, -0.25) is 14.6 Å². The fourth-order valence-electron chi connectivity index (χ4n) is 4.35. The van der Waals surface area contributed by atoms with Gasteiger partial charge in [0.2, 0.25) is 5.91 Å². The molecule has 10 heteroatoms. The molecule has 3 aromatic rings. The highest BCUT2D eigenvalue weighted by atomic mass is 31.2. The molecule has 0 bridgehead atoms. The molecule has 1 N–H and O–H groups in total. The molecule has 1 saturated heterocycles. The van der Waals surface area contributed by atoms with E-state index in [2.05, 4.69) is 10.3 Å². The predicted molar refractivity (Wildman–Crippen MR) is 134 cm³/mol. The first-order valence-electron chi connectivity index (χ1n) is 11.2. The minimum absolute atomic E-state index is 0.0115. The quantitative estimate of drug-likeness (QED) is 0.506. The van der Waals surface area contributed by atoms with E-state index in [0.29, 0.717) is 5.56 Å². The molecule has 188 valence electrons. The predicted octanol–water partition coefficient (Wildman–Crippen LogP) is 3.85. The van der Waals surface area contributed by atoms with Crippen LogP contribution in [0.5, 0.6) is 5.75 Å². The van der Waals surface area contributed by atoms with E-state index in [1.54, 1.807) is 36.4 Å². The van der Waals surface area contributed by atoms with E-state index in [-0.39, 0.29) is 29.0 Å². The first-order chi connectivity index (χ1) is 17.0. The molecule has 1 unspecified atom stereocenters. The number of ether oxygens (including phenoxy) is 1. The van der Waals surface area contributed by atoms with Crippen LogP contribution in [0.15, 0.2) is 54.7 Å². The topological polar surface area (TPSA) is 88.6 Å². The second-order valence-corrected chi connectivity index (χ2v) is 12.2. The number of hydrogen-bond donors (Lipinski definition) is 1. The molecule has 1 aliphatic heterocycles. The SMILES string of the molecule is COc1cc(F)c([C@@H]2CN(c3cccnc3P(C)(C)=O)C(=O)C2NC(=O)c2ccc(C)cc2)c(F)c1. The van der Waals surface area contributed by atoms with Crippen molar-refractivity contribution in [3.05, 3.63) is 83.1 Å². The molecule has 2 amide bonds. The Morgan fingerprint density at radius 2 is 1.78 bits per heavy atom. The Hall–Kier alpha value is -3.58. The molecule has 2 atom stereocenters. The van der Waals surface area contributed by atoms with Crippen molar-refractivity contribution in [2.45, 2.75) is 18.9 Å². The third kappa shape index (κ3) is 4.88. The van der Waals surface area contributed by atoms with Crippen molar-refractivity contribution in [1.29, 1.82) is 0 Å². The number of methoxy groups -OCH3 is 1. The second kappa shape index (κ2) is 9.82. The molecule has 36 heavy (non-hydrogen) atoms. The fourth-order valence-corrected chi connectivity index (χ4v) is 5.44. The number of rotatable bonds is 6. The van der Waals surface area contributed by atoms with Gasteiger partial charge in [-0.25, -0.2) is 8.78 Å². The highest BCUT2D eigenvalue weighted by molar-refractivity contribution is 7.70. The highest BCUT2D eigenvalue weighted by Gasteiger charge is 2.46. The van der Waals surface area contributed by atoms with Crippen molar-refractivity contribution in [3.8, 4) is 5.75 Å². The van der Waals surface area contributed by atoms with Crippen LogP contribution < -0.4 is 20.4 Å². The number of nitrogens with one attached hydrogen (secondary N) is 1. The van der Waals surface area contributed by atoms with Crippen molar-refractivity contribution < 1.29 is 27.7 Å². The molecule has 1 fully saturated rings. The summed E-state index contributed by atoms with van der Waals surface area (Å²) in [5, 5.41) is 2.67. The molecule has 0 radical (unpaired) electrons. The minimum Gasteiger partial charge on any atom is -0.497 e. The Morgan fingerprint density at radius 1 is 1.14 bits per heavy atom. The van der Waals surface area contributed by atoms with Crippen molar-refractivity contribution in [2.24, 2.45) is 0 Å². The van der Waals surface area contributed by atoms with E-state index in [1.807, 2.05) is 6.92 Å². The standard InChI is InChI=1S/C26H26F2N3O4P/c1-15-7-9-16(10-8-15)24(32)30-23-18(22-19(27)12-17(35-2)13-20(22)28)14-31(26(23)33)21-6-5-11-29-25(21)36(3,4)34/h5-13,18,23H,14H2,1-4H3,(H,30,32)/t18-,23?/m0/s1. The lowest BCUT2D eigenvalue weighted by atomic mass is 9.92. The summed E-state index contributed by atoms with van der Waals surface area (Å²) in [5.74, 6) is -4.02. The van der Waals surface area contributed by atoms with Gasteiger partial charge in [0.25, 0.3) is 5.91 Å². The number of aromatic nitrogens is 1. The number of benzene rings is 2. The molecule has 0 spiro atoms. The Kier molecular flexibility index (Phi) is 6.96. The molecule has 0 saturated carbocycles. The lowest BCUT2D eigenvalue weighted by molar-refractivity contribution is -0.118. The Morgan fingerprint density at radius 3 is 2.36 bits per heavy atom. The Labute approximate surface area is 207 Å². The van der Waals surface area contributed by atoms with Gasteiger partial charge in [-0.05, 0) is 44.5 Å². The summed E-state index contributed by atoms with van der Waals surface area (Å²) in [6.45, 7) is 4.76. The molecule has 2 aromatic carbocycles. The van der Waals surface area contributed by atoms with Crippen molar-refractivity contribution in [1.82, 2.24) is 10.3 Å². The van der Waals surface area contributed by atoms with Crippen LogP contribution in [0.4, 0.5) is 14.5 Å². The first kappa shape index (κ1) is 25.5. The van der Waals surface area contributed by atoms with Crippen LogP contribution in [-0.2, 0) is 9.36 Å². The zero-order chi connectivity index (χ0) is 26.2. The van der Waals surface area contributed by atoms with E-state index >= 15 is 8.78 Å². The van der Waals surface area contributed by atoms with Gasteiger partial charge in [0.1, 0.15) is 36.0 Å². The van der Waals surface area contributed by atoms with Crippen LogP contribution >= 0.6 is 7.14 Å². The second-order valence-electron chi connectivity index (χ2n) is 9.07. The van der Waals surface area contributed by atoms with E-state index in [0.717, 1.165) is 17.7 Å². The first-order valence-corrected chi connectivity index (χ1v) is 13.8. The number of pyridine rings is 1. The maximum absolute atomic E-state index is 15.1. The monoisotopic (exact) mass is 513 g/mol. The van der Waals surface area contributed by atoms with Crippen molar-refractivity contribution in [3.63, 3.8) is 0 Å². The van der Waals surface area contributed by atoms with Crippen LogP contribution in [0, 0.1) is 18.6 Å². The maximum atomic E-state index is 15.1. The summed E-state index contributed by atoms with van der Waals surface area (Å²) in [7, 11) is -1.62. The molecular formula is C26H26F2N3O4P. The molecule has 1 aliphatic rings. The molecule has 4 rings (SSSR count). The van der Waals surface area contributed by atoms with E-state index < -0.39 is 42.6 Å². The summed E-state index contributed by atoms with van der Waals surface area (Å²) in [5.41, 5.74) is 1.40. The number of amides is 2. The number of halogens is 2. The largest absolute Gasteiger partial charge is 0.497 e. The van der Waals surface area contributed by atoms with Crippen molar-refractivity contribution >= 4 is 30.1 Å². The zero-order valence-corrected chi connectivity index (χ0v) is 21.2. The van der Waals surface area contributed by atoms with Gasteiger partial charge in [-0.15, -0.1) is 0 Å². The lowest BCUT2D eigenvalue weighted by Gasteiger charge is -2.21. The smallest absolute Gasteiger partial charge is 0.251 e. The van der Waals surface area contributed by atoms with E-state index in [4.69, 9.17) is 4.74 Å². The average Bonchev–Trinajstić information content (AvgIpc) is 3.14. The average molecular weight is 513 g/mol. The third-order valence-corrected chi connectivity index (χ3v) is 7.50. The van der Waals surface area contributed by atoms with Crippen LogP contribution in [-0.4, -0.2) is 49.8 Å². The van der Waals surface area contributed by atoms with Crippen molar-refractivity contribution in [2.75, 3.05) is 31.9 Å². The summed E-state index contributed by atoms with van der Waals surface area (Å²) >= 11 is 0. The Balaban J connectivity index is 1.79. The van der Waals surface area contributed by atoms with E-state index in [1.165, 1.54) is 31.5 Å². The number of hydrogen-bond acceptors (Lipinski definition) is 5. The van der Waals surface area contributed by atoms with Crippen LogP contribution in [0.2, 0.25) is 0 Å². The number of carbonyl (C=O) groups is 2. The van der Waals surface area contributed by atoms with Gasteiger partial charge in [0.15, 0.2) is 0 Å². The van der Waals surface area contributed by atoms with Gasteiger partial charge in [0.05, 0.1) is 12.8 Å². The van der Waals surface area contributed by atoms with Crippen LogP contribution in [0.3, 0.4) is 0 Å². The van der Waals surface area contributed by atoms with E-state index in [9.17, 15) is 14.2 Å². The summed E-state index contributed by atoms with van der Waals surface area (Å²) in [6.07, 6.45) is 1.47. The normalized spacial score (nSPS) is 17.8. The van der Waals surface area contributed by atoms with Crippen LogP contribution in [0.25, 0.3) is 0 Å². The zero-order valence-electron chi connectivity index (χ0n) is 20.3. The minimum atomic E-state index is -2.91. The number of anilines is 1. The van der Waals surface area contributed by atoms with Gasteiger partial charge >= 0.3 is 0 Å². The molecular weight excluding hydrogens is 487 g/mol. The fraction of sp³-hybridized carbons (Fsp3) is 0.269. The molecule has 0 aliphatic carbocycles. The van der Waals surface area contributed by atoms with Gasteiger partial charge in [0, 0.05) is 41.9 Å². The highest BCUT2D eigenvalue weighted by Crippen LogP contribution is 2.41. The molecule has 7 nitrogen and oxygen atoms in total. The number of aryl methyl sites for hydroxylation is 1. The number of carbonyl (C=O) groups excluding carboxylic acids is 2. The maximum Gasteiger partial charge on any atom is 0.251 e. The Bertz CT molecular complexity index is 1350. The number of nitrogens with zero attached hydrogens (tertiary/aromatic N) is 2. The van der Waals surface area contributed by atoms with Gasteiger partial charge < -0.3 is 19.5 Å². The summed E-state index contributed by atoms with van der Waals surface area (Å²) < 4.78 is 48.1. The van der Waals surface area contributed by atoms with Gasteiger partial charge in [-0.2, -0.15) is 0 Å². The summed E-state index contributed by atoms with van der Waals surface area (Å²) in [4.78, 5) is 32.2. The molecule has 1 aromatic heterocycles. The van der Waals surface area contributed by atoms with Crippen LogP contribution in [0.1, 0.15) is 27.4 Å². The molecule has 2 heterocycles. The van der Waals surface area contributed by atoms with Gasteiger partial charge in [-0.1, -0.05) is 17.7 Å². The third-order valence-electron chi connectivity index (χ3n) is 6.14. The summed E-state index contributed by atoms with van der Waals surface area (Å²) in [6, 6.07) is 10.7.